The molecule has 0 heterocycles. The van der Waals surface area contributed by atoms with E-state index in [0.717, 1.165) is 24.8 Å². The number of aliphatic hydroxyl groups is 1. The van der Waals surface area contributed by atoms with Gasteiger partial charge < -0.3 is 26.2 Å². The molecule has 0 saturated carbocycles. The lowest BCUT2D eigenvalue weighted by molar-refractivity contribution is -0.128. The number of rotatable bonds is 12. The molecule has 162 valence electrons. The van der Waals surface area contributed by atoms with Gasteiger partial charge in [0.25, 0.3) is 0 Å². The van der Waals surface area contributed by atoms with E-state index in [1.807, 2.05) is 20.8 Å². The first-order valence-electron chi connectivity index (χ1n) is 9.99. The summed E-state index contributed by atoms with van der Waals surface area (Å²) in [7, 11) is 0. The van der Waals surface area contributed by atoms with Crippen molar-refractivity contribution < 1.29 is 24.6 Å². The monoisotopic (exact) mass is 407 g/mol. The van der Waals surface area contributed by atoms with Crippen LogP contribution in [0.1, 0.15) is 45.1 Å². The zero-order valence-electron chi connectivity index (χ0n) is 17.5. The van der Waals surface area contributed by atoms with Crippen molar-refractivity contribution in [2.45, 2.75) is 46.5 Å². The predicted molar refractivity (Wildman–Crippen MR) is 111 cm³/mol. The topological polar surface area (TPSA) is 128 Å². The van der Waals surface area contributed by atoms with Crippen LogP contribution in [-0.2, 0) is 14.4 Å². The van der Waals surface area contributed by atoms with Gasteiger partial charge >= 0.3 is 0 Å². The highest BCUT2D eigenvalue weighted by Gasteiger charge is 2.22. The average molecular weight is 408 g/mol. The van der Waals surface area contributed by atoms with Gasteiger partial charge in [-0.25, -0.2) is 0 Å². The van der Waals surface area contributed by atoms with Crippen LogP contribution in [0, 0.1) is 18.8 Å². The van der Waals surface area contributed by atoms with E-state index in [1.54, 1.807) is 12.1 Å². The Balaban J connectivity index is 2.38. The molecule has 0 spiro atoms. The number of hydrogen-bond donors (Lipinski definition) is 5. The Morgan fingerprint density at radius 3 is 2.41 bits per heavy atom. The minimum Gasteiger partial charge on any atom is -0.506 e. The molecule has 0 saturated heterocycles. The standard InChI is InChI=1S/C21H33N3O5/c1-14(2)16(7-5-4-6-10-22-20(28)13-25)21(29)23-12-19(27)24-17-11-15(3)8-9-18(17)26/h8-9,11,14,16,25-26H,4-7,10,12-13H2,1-3H3,(H,22,28)(H,23,29)(H,24,27). The number of carbonyl (C=O) groups is 3. The number of phenols is 1. The van der Waals surface area contributed by atoms with Gasteiger partial charge in [0, 0.05) is 12.5 Å². The van der Waals surface area contributed by atoms with Crippen molar-refractivity contribution >= 4 is 23.4 Å². The molecule has 0 bridgehead atoms. The van der Waals surface area contributed by atoms with Gasteiger partial charge in [-0.3, -0.25) is 14.4 Å². The molecule has 0 aliphatic heterocycles. The van der Waals surface area contributed by atoms with Gasteiger partial charge in [-0.1, -0.05) is 32.8 Å². The highest BCUT2D eigenvalue weighted by molar-refractivity contribution is 5.96. The molecule has 0 aromatic heterocycles. The minimum atomic E-state index is -0.507. The van der Waals surface area contributed by atoms with Crippen molar-refractivity contribution in [3.63, 3.8) is 0 Å². The van der Waals surface area contributed by atoms with Crippen molar-refractivity contribution in [2.24, 2.45) is 11.8 Å². The third kappa shape index (κ3) is 9.43. The molecule has 1 rings (SSSR count). The molecule has 1 aromatic carbocycles. The van der Waals surface area contributed by atoms with Gasteiger partial charge in [-0.05, 0) is 43.4 Å². The molecule has 8 heteroatoms. The van der Waals surface area contributed by atoms with Gasteiger partial charge in [0.1, 0.15) is 12.4 Å². The van der Waals surface area contributed by atoms with Crippen LogP contribution in [-0.4, -0.2) is 47.6 Å². The number of aryl methyl sites for hydroxylation is 1. The number of hydrogen-bond acceptors (Lipinski definition) is 5. The summed E-state index contributed by atoms with van der Waals surface area (Å²) in [5.41, 5.74) is 1.22. The van der Waals surface area contributed by atoms with Crippen molar-refractivity contribution in [2.75, 3.05) is 25.0 Å². The molecule has 1 aromatic rings. The highest BCUT2D eigenvalue weighted by atomic mass is 16.3. The lowest BCUT2D eigenvalue weighted by Gasteiger charge is -2.20. The zero-order valence-corrected chi connectivity index (χ0v) is 17.5. The Hall–Kier alpha value is -2.61. The lowest BCUT2D eigenvalue weighted by Crippen LogP contribution is -2.38. The van der Waals surface area contributed by atoms with E-state index in [4.69, 9.17) is 5.11 Å². The Morgan fingerprint density at radius 1 is 1.03 bits per heavy atom. The van der Waals surface area contributed by atoms with E-state index < -0.39 is 12.5 Å². The number of aromatic hydroxyl groups is 1. The summed E-state index contributed by atoms with van der Waals surface area (Å²) in [5.74, 6) is -1.05. The minimum absolute atomic E-state index is 0.0227. The SMILES string of the molecule is Cc1ccc(O)c(NC(=O)CNC(=O)C(CCCCCNC(=O)CO)C(C)C)c1. The van der Waals surface area contributed by atoms with Crippen molar-refractivity contribution in [1.29, 1.82) is 0 Å². The van der Waals surface area contributed by atoms with Crippen LogP contribution in [0.2, 0.25) is 0 Å². The maximum absolute atomic E-state index is 12.5. The third-order valence-electron chi connectivity index (χ3n) is 4.65. The quantitative estimate of drug-likeness (QED) is 0.266. The first-order chi connectivity index (χ1) is 13.7. The van der Waals surface area contributed by atoms with E-state index in [9.17, 15) is 19.5 Å². The number of aliphatic hydroxyl groups excluding tert-OH is 1. The molecular weight excluding hydrogens is 374 g/mol. The smallest absolute Gasteiger partial charge is 0.245 e. The van der Waals surface area contributed by atoms with E-state index in [1.165, 1.54) is 6.07 Å². The summed E-state index contributed by atoms with van der Waals surface area (Å²) in [4.78, 5) is 35.5. The normalized spacial score (nSPS) is 11.8. The number of unbranched alkanes of at least 4 members (excludes halogenated alkanes) is 2. The number of nitrogens with one attached hydrogen (secondary N) is 3. The average Bonchev–Trinajstić information content (AvgIpc) is 2.67. The fourth-order valence-electron chi connectivity index (χ4n) is 2.96. The second-order valence-corrected chi connectivity index (χ2v) is 7.49. The molecule has 0 fully saturated rings. The summed E-state index contributed by atoms with van der Waals surface area (Å²) < 4.78 is 0. The fraction of sp³-hybridized carbons (Fsp3) is 0.571. The fourth-order valence-corrected chi connectivity index (χ4v) is 2.96. The van der Waals surface area contributed by atoms with Gasteiger partial charge in [-0.2, -0.15) is 0 Å². The largest absolute Gasteiger partial charge is 0.506 e. The molecule has 1 atom stereocenters. The second kappa shape index (κ2) is 12.8. The molecule has 1 unspecified atom stereocenters. The van der Waals surface area contributed by atoms with Crippen LogP contribution in [0.5, 0.6) is 5.75 Å². The predicted octanol–water partition coefficient (Wildman–Crippen LogP) is 1.70. The van der Waals surface area contributed by atoms with Crippen molar-refractivity contribution in [3.8, 4) is 5.75 Å². The Bertz CT molecular complexity index is 691. The number of amides is 3. The first-order valence-corrected chi connectivity index (χ1v) is 9.99. The summed E-state index contributed by atoms with van der Waals surface area (Å²) in [6.45, 7) is 5.62. The summed E-state index contributed by atoms with van der Waals surface area (Å²) >= 11 is 0. The van der Waals surface area contributed by atoms with Crippen LogP contribution in [0.3, 0.4) is 0 Å². The second-order valence-electron chi connectivity index (χ2n) is 7.49. The zero-order chi connectivity index (χ0) is 21.8. The number of phenolic OH excluding ortho intramolecular Hbond substituents is 1. The Kier molecular flexibility index (Phi) is 10.8. The molecule has 0 aliphatic rings. The molecule has 8 nitrogen and oxygen atoms in total. The van der Waals surface area contributed by atoms with E-state index in [2.05, 4.69) is 16.0 Å². The van der Waals surface area contributed by atoms with E-state index in [0.29, 0.717) is 18.7 Å². The lowest BCUT2D eigenvalue weighted by atomic mass is 9.89. The summed E-state index contributed by atoms with van der Waals surface area (Å²) in [5, 5.41) is 26.3. The van der Waals surface area contributed by atoms with E-state index in [-0.39, 0.29) is 35.9 Å². The van der Waals surface area contributed by atoms with Crippen LogP contribution in [0.25, 0.3) is 0 Å². The molecular formula is C21H33N3O5. The van der Waals surface area contributed by atoms with Gasteiger partial charge in [0.05, 0.1) is 12.2 Å². The van der Waals surface area contributed by atoms with Crippen LogP contribution >= 0.6 is 0 Å². The highest BCUT2D eigenvalue weighted by Crippen LogP contribution is 2.23. The maximum atomic E-state index is 12.5. The Labute approximate surface area is 172 Å². The van der Waals surface area contributed by atoms with Crippen LogP contribution < -0.4 is 16.0 Å². The maximum Gasteiger partial charge on any atom is 0.245 e. The number of carbonyl (C=O) groups excluding carboxylic acids is 3. The Morgan fingerprint density at radius 2 is 1.76 bits per heavy atom. The molecule has 3 amide bonds. The van der Waals surface area contributed by atoms with Crippen LogP contribution in [0.4, 0.5) is 5.69 Å². The summed E-state index contributed by atoms with van der Waals surface area (Å²) in [6.07, 6.45) is 3.16. The molecule has 29 heavy (non-hydrogen) atoms. The van der Waals surface area contributed by atoms with Gasteiger partial charge in [0.2, 0.25) is 17.7 Å². The van der Waals surface area contributed by atoms with Gasteiger partial charge in [0.15, 0.2) is 0 Å². The van der Waals surface area contributed by atoms with E-state index >= 15 is 0 Å². The van der Waals surface area contributed by atoms with Crippen molar-refractivity contribution in [3.05, 3.63) is 23.8 Å². The number of anilines is 1. The molecule has 5 N–H and O–H groups in total. The summed E-state index contributed by atoms with van der Waals surface area (Å²) in [6, 6.07) is 4.91. The van der Waals surface area contributed by atoms with Crippen LogP contribution in [0.15, 0.2) is 18.2 Å². The van der Waals surface area contributed by atoms with Crippen molar-refractivity contribution in [1.82, 2.24) is 10.6 Å². The first kappa shape index (κ1) is 24.4. The molecule has 0 radical (unpaired) electrons. The van der Waals surface area contributed by atoms with Gasteiger partial charge in [-0.15, -0.1) is 0 Å². The third-order valence-corrected chi connectivity index (χ3v) is 4.65. The number of benzene rings is 1. The molecule has 0 aliphatic carbocycles.